The zero-order valence-electron chi connectivity index (χ0n) is 18.1. The van der Waals surface area contributed by atoms with Gasteiger partial charge >= 0.3 is 6.18 Å². The Bertz CT molecular complexity index is 1260. The average molecular weight is 469 g/mol. The maximum Gasteiger partial charge on any atom is 0.450 e. The second-order valence-electron chi connectivity index (χ2n) is 8.15. The Hall–Kier alpha value is -3.73. The third-order valence-electron chi connectivity index (χ3n) is 5.73. The summed E-state index contributed by atoms with van der Waals surface area (Å²) < 4.78 is 47.9. The normalized spacial score (nSPS) is 15.6. The predicted octanol–water partition coefficient (Wildman–Crippen LogP) is 3.85. The van der Waals surface area contributed by atoms with Gasteiger partial charge in [-0.3, -0.25) is 9.47 Å². The first-order valence-corrected chi connectivity index (χ1v) is 10.8. The number of rotatable bonds is 5. The fourth-order valence-electron chi connectivity index (χ4n) is 4.10. The van der Waals surface area contributed by atoms with Gasteiger partial charge in [0.25, 0.3) is 0 Å². The molecule has 3 aromatic heterocycles. The van der Waals surface area contributed by atoms with Crippen molar-refractivity contribution in [3.63, 3.8) is 0 Å². The molecular formula is C23H22F3N7O. The molecule has 2 N–H and O–H groups in total. The van der Waals surface area contributed by atoms with Gasteiger partial charge in [-0.2, -0.15) is 13.2 Å². The van der Waals surface area contributed by atoms with Crippen LogP contribution in [0.1, 0.15) is 24.2 Å². The van der Waals surface area contributed by atoms with Crippen LogP contribution in [-0.4, -0.2) is 48.6 Å². The second-order valence-corrected chi connectivity index (χ2v) is 8.15. The molecule has 1 aliphatic rings. The van der Waals surface area contributed by atoms with E-state index in [0.29, 0.717) is 11.4 Å². The molecule has 0 bridgehead atoms. The molecular weight excluding hydrogens is 447 g/mol. The summed E-state index contributed by atoms with van der Waals surface area (Å²) in [6, 6.07) is 9.63. The average Bonchev–Trinajstić information content (AvgIpc) is 3.23. The number of halogens is 3. The van der Waals surface area contributed by atoms with E-state index in [2.05, 4.69) is 24.8 Å². The van der Waals surface area contributed by atoms with Crippen LogP contribution in [0, 0.1) is 0 Å². The molecule has 1 aromatic carbocycles. The highest BCUT2D eigenvalue weighted by molar-refractivity contribution is 5.74. The lowest BCUT2D eigenvalue weighted by Crippen LogP contribution is -2.37. The van der Waals surface area contributed by atoms with Gasteiger partial charge in [0.15, 0.2) is 5.65 Å². The van der Waals surface area contributed by atoms with Crippen LogP contribution in [0.4, 0.5) is 19.1 Å². The fourth-order valence-corrected chi connectivity index (χ4v) is 4.10. The number of fused-ring (bicyclic) bond motifs is 1. The summed E-state index contributed by atoms with van der Waals surface area (Å²) >= 11 is 0. The third kappa shape index (κ3) is 4.65. The van der Waals surface area contributed by atoms with E-state index >= 15 is 0 Å². The van der Waals surface area contributed by atoms with Gasteiger partial charge in [-0.1, -0.05) is 0 Å². The topological polar surface area (TPSA) is 95.0 Å². The molecule has 176 valence electrons. The number of nitrogen functional groups attached to an aromatic ring is 1. The molecule has 0 amide bonds. The van der Waals surface area contributed by atoms with Crippen LogP contribution < -0.4 is 10.5 Å². The summed E-state index contributed by atoms with van der Waals surface area (Å²) in [5, 5.41) is 0. The quantitative estimate of drug-likeness (QED) is 0.474. The lowest BCUT2D eigenvalue weighted by atomic mass is 10.1. The standard InChI is InChI=1S/C23H22F3N7O/c24-23(25,26)21-31-19-2-1-9-28-20(19)33(21)16-3-5-17(6-4-16)34-18-7-10-32(11-8-18)14-15-12-29-22(27)30-13-15/h1-6,9,12-13,18H,7-8,10-11,14H2,(H2,27,29,30). The number of ether oxygens (including phenoxy) is 1. The predicted molar refractivity (Wildman–Crippen MR) is 119 cm³/mol. The van der Waals surface area contributed by atoms with Crippen molar-refractivity contribution in [2.75, 3.05) is 18.8 Å². The number of imidazole rings is 1. The Labute approximate surface area is 193 Å². The van der Waals surface area contributed by atoms with Crippen LogP contribution in [-0.2, 0) is 12.7 Å². The number of likely N-dealkylation sites (tertiary alicyclic amines) is 1. The molecule has 1 saturated heterocycles. The number of alkyl halides is 3. The van der Waals surface area contributed by atoms with Crippen LogP contribution in [0.25, 0.3) is 16.9 Å². The van der Waals surface area contributed by atoms with Crippen molar-refractivity contribution in [3.8, 4) is 11.4 Å². The van der Waals surface area contributed by atoms with E-state index in [-0.39, 0.29) is 23.2 Å². The Morgan fingerprint density at radius 2 is 1.71 bits per heavy atom. The van der Waals surface area contributed by atoms with Gasteiger partial charge in [0.05, 0.1) is 0 Å². The Balaban J connectivity index is 1.25. The van der Waals surface area contributed by atoms with E-state index in [1.807, 2.05) is 0 Å². The van der Waals surface area contributed by atoms with Crippen molar-refractivity contribution in [3.05, 3.63) is 66.4 Å². The van der Waals surface area contributed by atoms with Crippen molar-refractivity contribution in [1.29, 1.82) is 0 Å². The SMILES string of the molecule is Nc1ncc(CN2CCC(Oc3ccc(-n4c(C(F)(F)F)nc5cccnc54)cc3)CC2)cn1. The third-order valence-corrected chi connectivity index (χ3v) is 5.73. The Morgan fingerprint density at radius 1 is 1.00 bits per heavy atom. The van der Waals surface area contributed by atoms with Gasteiger partial charge in [0, 0.05) is 49.5 Å². The molecule has 0 saturated carbocycles. The molecule has 0 spiro atoms. The highest BCUT2D eigenvalue weighted by Gasteiger charge is 2.38. The minimum Gasteiger partial charge on any atom is -0.490 e. The number of hydrogen-bond acceptors (Lipinski definition) is 7. The van der Waals surface area contributed by atoms with Crippen LogP contribution in [0.2, 0.25) is 0 Å². The number of nitrogens with zero attached hydrogens (tertiary/aromatic N) is 6. The molecule has 0 aliphatic carbocycles. The van der Waals surface area contributed by atoms with Gasteiger partial charge in [-0.15, -0.1) is 0 Å². The van der Waals surface area contributed by atoms with Gasteiger partial charge in [0.2, 0.25) is 11.8 Å². The van der Waals surface area contributed by atoms with Gasteiger partial charge in [-0.25, -0.2) is 19.9 Å². The van der Waals surface area contributed by atoms with Crippen molar-refractivity contribution in [2.45, 2.75) is 31.7 Å². The summed E-state index contributed by atoms with van der Waals surface area (Å²) in [5.74, 6) is -0.136. The lowest BCUT2D eigenvalue weighted by molar-refractivity contribution is -0.145. The van der Waals surface area contributed by atoms with Gasteiger partial charge in [0.1, 0.15) is 17.4 Å². The van der Waals surface area contributed by atoms with Gasteiger partial charge in [-0.05, 0) is 49.2 Å². The molecule has 1 fully saturated rings. The van der Waals surface area contributed by atoms with E-state index in [1.54, 1.807) is 42.7 Å². The highest BCUT2D eigenvalue weighted by Crippen LogP contribution is 2.33. The van der Waals surface area contributed by atoms with Crippen LogP contribution in [0.3, 0.4) is 0 Å². The van der Waals surface area contributed by atoms with E-state index in [1.165, 1.54) is 12.3 Å². The van der Waals surface area contributed by atoms with Crippen LogP contribution >= 0.6 is 0 Å². The number of piperidine rings is 1. The molecule has 5 rings (SSSR count). The van der Waals surface area contributed by atoms with E-state index < -0.39 is 12.0 Å². The molecule has 34 heavy (non-hydrogen) atoms. The highest BCUT2D eigenvalue weighted by atomic mass is 19.4. The molecule has 1 aliphatic heterocycles. The monoisotopic (exact) mass is 469 g/mol. The van der Waals surface area contributed by atoms with Crippen molar-refractivity contribution in [1.82, 2.24) is 29.4 Å². The Morgan fingerprint density at radius 3 is 2.38 bits per heavy atom. The largest absolute Gasteiger partial charge is 0.490 e. The minimum absolute atomic E-state index is 0.0336. The minimum atomic E-state index is -4.61. The number of anilines is 1. The van der Waals surface area contributed by atoms with Crippen molar-refractivity contribution in [2.24, 2.45) is 0 Å². The maximum atomic E-state index is 13.6. The summed E-state index contributed by atoms with van der Waals surface area (Å²) in [6.07, 6.45) is 2.02. The molecule has 4 heterocycles. The van der Waals surface area contributed by atoms with E-state index in [0.717, 1.165) is 42.6 Å². The van der Waals surface area contributed by atoms with E-state index in [4.69, 9.17) is 10.5 Å². The molecule has 0 radical (unpaired) electrons. The van der Waals surface area contributed by atoms with Crippen molar-refractivity contribution < 1.29 is 17.9 Å². The summed E-state index contributed by atoms with van der Waals surface area (Å²) in [4.78, 5) is 18.2. The number of aromatic nitrogens is 5. The maximum absolute atomic E-state index is 13.6. The first-order valence-electron chi connectivity index (χ1n) is 10.8. The molecule has 0 atom stereocenters. The molecule has 0 unspecified atom stereocenters. The summed E-state index contributed by atoms with van der Waals surface area (Å²) in [7, 11) is 0. The number of nitrogens with two attached hydrogens (primary N) is 1. The first kappa shape index (κ1) is 22.1. The van der Waals surface area contributed by atoms with Crippen LogP contribution in [0.5, 0.6) is 5.75 Å². The number of benzene rings is 1. The van der Waals surface area contributed by atoms with Crippen molar-refractivity contribution >= 4 is 17.1 Å². The number of hydrogen-bond donors (Lipinski definition) is 1. The fraction of sp³-hybridized carbons (Fsp3) is 0.304. The van der Waals surface area contributed by atoms with Gasteiger partial charge < -0.3 is 10.5 Å². The second kappa shape index (κ2) is 8.90. The summed E-state index contributed by atoms with van der Waals surface area (Å²) in [6.45, 7) is 2.46. The lowest BCUT2D eigenvalue weighted by Gasteiger charge is -2.32. The molecule has 11 heteroatoms. The van der Waals surface area contributed by atoms with Crippen LogP contribution in [0.15, 0.2) is 55.0 Å². The zero-order chi connectivity index (χ0) is 23.7. The first-order chi connectivity index (χ1) is 16.4. The summed E-state index contributed by atoms with van der Waals surface area (Å²) in [5.41, 5.74) is 7.20. The Kier molecular flexibility index (Phi) is 5.78. The molecule has 4 aromatic rings. The number of pyridine rings is 1. The molecule has 8 nitrogen and oxygen atoms in total. The zero-order valence-corrected chi connectivity index (χ0v) is 18.1. The van der Waals surface area contributed by atoms with E-state index in [9.17, 15) is 13.2 Å². The smallest absolute Gasteiger partial charge is 0.450 e.